The van der Waals surface area contributed by atoms with Crippen LogP contribution in [0.15, 0.2) is 168 Å². The second-order valence-corrected chi connectivity index (χ2v) is 28.9. The molecule has 0 fully saturated rings. The predicted molar refractivity (Wildman–Crippen MR) is 356 cm³/mol. The minimum atomic E-state index is -0.0906. The molecule has 0 atom stereocenters. The van der Waals surface area contributed by atoms with Gasteiger partial charge in [0.25, 0.3) is 6.71 Å². The van der Waals surface area contributed by atoms with E-state index in [1.807, 2.05) is 0 Å². The van der Waals surface area contributed by atoms with Crippen LogP contribution in [0.5, 0.6) is 0 Å². The molecule has 0 unspecified atom stereocenters. The fraction of sp³-hybridized carbons (Fsp3) is 0.286. The Morgan fingerprint density at radius 2 is 0.988 bits per heavy atom. The third-order valence-corrected chi connectivity index (χ3v) is 18.5. The van der Waals surface area contributed by atoms with Gasteiger partial charge in [0.15, 0.2) is 0 Å². The highest BCUT2D eigenvalue weighted by atomic mass is 16.3. The lowest BCUT2D eigenvalue weighted by Crippen LogP contribution is -2.60. The van der Waals surface area contributed by atoms with Gasteiger partial charge in [0.1, 0.15) is 17.0 Å². The molecule has 14 rings (SSSR count). The molecule has 9 aromatic carbocycles. The Bertz CT molecular complexity index is 4640. The highest BCUT2D eigenvalue weighted by Gasteiger charge is 2.44. The first kappa shape index (κ1) is 53.0. The second-order valence-electron chi connectivity index (χ2n) is 28.9. The summed E-state index contributed by atoms with van der Waals surface area (Å²) in [5.41, 5.74) is 27.1. The van der Waals surface area contributed by atoms with E-state index in [4.69, 9.17) is 9.40 Å². The molecule has 0 saturated carbocycles. The number of hydrogen-bond donors (Lipinski definition) is 0. The van der Waals surface area contributed by atoms with Crippen molar-refractivity contribution in [3.63, 3.8) is 0 Å². The van der Waals surface area contributed by atoms with Crippen molar-refractivity contribution >= 4 is 94.9 Å². The number of fused-ring (bicyclic) bond motifs is 11. The van der Waals surface area contributed by atoms with Crippen molar-refractivity contribution < 1.29 is 4.42 Å². The van der Waals surface area contributed by atoms with Gasteiger partial charge in [0.05, 0.1) is 27.8 Å². The quantitative estimate of drug-likeness (QED) is 0.156. The molecule has 12 aromatic rings. The van der Waals surface area contributed by atoms with Gasteiger partial charge in [-0.2, -0.15) is 0 Å². The van der Waals surface area contributed by atoms with Crippen molar-refractivity contribution in [3.8, 4) is 33.9 Å². The van der Waals surface area contributed by atoms with Crippen LogP contribution in [0.2, 0.25) is 0 Å². The van der Waals surface area contributed by atoms with Gasteiger partial charge in [-0.25, -0.2) is 4.98 Å². The average Bonchev–Trinajstić information content (AvgIpc) is 1.86. The van der Waals surface area contributed by atoms with Gasteiger partial charge in [-0.1, -0.05) is 208 Å². The molecule has 0 spiro atoms. The Kier molecular flexibility index (Phi) is 11.6. The lowest BCUT2D eigenvalue weighted by molar-refractivity contribution is 0.590. The normalized spacial score (nSPS) is 13.7. The molecule has 0 bridgehead atoms. The van der Waals surface area contributed by atoms with Crippen LogP contribution >= 0.6 is 0 Å². The maximum Gasteiger partial charge on any atom is 0.252 e. The van der Waals surface area contributed by atoms with Gasteiger partial charge >= 0.3 is 0 Å². The van der Waals surface area contributed by atoms with E-state index in [0.29, 0.717) is 11.8 Å². The van der Waals surface area contributed by atoms with E-state index in [1.165, 1.54) is 94.3 Å². The summed E-state index contributed by atoms with van der Waals surface area (Å²) in [7, 11) is 0. The molecule has 3 aromatic heterocycles. The summed E-state index contributed by atoms with van der Waals surface area (Å²) in [6, 6.07) is 62.9. The fourth-order valence-corrected chi connectivity index (χ4v) is 13.9. The van der Waals surface area contributed by atoms with E-state index in [1.54, 1.807) is 0 Å². The summed E-state index contributed by atoms with van der Waals surface area (Å²) < 4.78 is 12.6. The standard InChI is InChI=1S/C77H77BN4O/c1-44(2)52-22-19-23-53(45(3)4)69(52)82-65-29-18-17-28-62(65)79-73(82)57-27-21-26-56-55-25-20-24-54(71(55)83-72(56)57)46-38-66-68-67(39-46)81-63-36-32-48(75(8,9)10)40-58(63)59-41-50(77(14,15)16)43-61(70(59)81)78(68)60-42-49(76(11,12)13)33-37-64(60)80(66)51-34-30-47(31-35-51)74(5,6)7/h17-45H,1-16H3. The molecule has 0 N–H and O–H groups in total. The van der Waals surface area contributed by atoms with Crippen molar-refractivity contribution in [1.29, 1.82) is 0 Å². The fourth-order valence-electron chi connectivity index (χ4n) is 13.9. The van der Waals surface area contributed by atoms with Crippen LogP contribution in [-0.4, -0.2) is 20.8 Å². The molecule has 414 valence electrons. The molecular formula is C77H77BN4O. The van der Waals surface area contributed by atoms with Crippen LogP contribution in [0.1, 0.15) is 156 Å². The number of benzene rings is 9. The van der Waals surface area contributed by atoms with Crippen LogP contribution in [-0.2, 0) is 21.7 Å². The molecule has 0 aliphatic carbocycles. The van der Waals surface area contributed by atoms with Gasteiger partial charge in [-0.05, 0) is 156 Å². The number of furan rings is 1. The SMILES string of the molecule is CC(C)c1cccc(C(C)C)c1-n1c(-c2cccc3c2oc2c(-c4cc5c6c(c4)-n4c7ccc(C(C)(C)C)cc7c7cc(C(C)(C)C)cc(c74)B6c4cc(C(C)(C)C)ccc4N5c4ccc(C(C)(C)C)cc4)cccc23)nc2ccccc21. The van der Waals surface area contributed by atoms with E-state index >= 15 is 0 Å². The molecule has 2 aliphatic heterocycles. The third kappa shape index (κ3) is 8.12. The van der Waals surface area contributed by atoms with Gasteiger partial charge in [-0.3, -0.25) is 4.57 Å². The average molecular weight is 1090 g/mol. The molecule has 0 radical (unpaired) electrons. The van der Waals surface area contributed by atoms with Crippen molar-refractivity contribution in [1.82, 2.24) is 14.1 Å². The largest absolute Gasteiger partial charge is 0.455 e. The molecule has 2 aliphatic rings. The summed E-state index contributed by atoms with van der Waals surface area (Å²) in [4.78, 5) is 8.10. The highest BCUT2D eigenvalue weighted by Crippen LogP contribution is 2.49. The van der Waals surface area contributed by atoms with Crippen molar-refractivity contribution in [2.45, 2.75) is 144 Å². The number of imidazole rings is 1. The number of nitrogens with zero attached hydrogens (tertiary/aromatic N) is 4. The zero-order valence-electron chi connectivity index (χ0n) is 51.5. The Morgan fingerprint density at radius 3 is 1.64 bits per heavy atom. The number of aromatic nitrogens is 3. The molecule has 83 heavy (non-hydrogen) atoms. The number of rotatable bonds is 6. The molecular weight excluding hydrogens is 1010 g/mol. The smallest absolute Gasteiger partial charge is 0.252 e. The Balaban J connectivity index is 1.09. The Labute approximate surface area is 491 Å². The highest BCUT2D eigenvalue weighted by molar-refractivity contribution is 7.00. The topological polar surface area (TPSA) is 39.1 Å². The zero-order chi connectivity index (χ0) is 58.1. The third-order valence-electron chi connectivity index (χ3n) is 18.5. The Hall–Kier alpha value is -8.09. The van der Waals surface area contributed by atoms with E-state index < -0.39 is 0 Å². The van der Waals surface area contributed by atoms with Crippen LogP contribution in [0.25, 0.3) is 88.7 Å². The first-order valence-electron chi connectivity index (χ1n) is 30.3. The molecule has 0 amide bonds. The maximum absolute atomic E-state index is 7.56. The summed E-state index contributed by atoms with van der Waals surface area (Å²) >= 11 is 0. The minimum absolute atomic E-state index is 0.000339. The molecule has 5 heterocycles. The van der Waals surface area contributed by atoms with E-state index in [-0.39, 0.29) is 28.4 Å². The van der Waals surface area contributed by atoms with Crippen molar-refractivity contribution in [3.05, 3.63) is 197 Å². The lowest BCUT2D eigenvalue weighted by atomic mass is 9.33. The van der Waals surface area contributed by atoms with Crippen molar-refractivity contribution in [2.75, 3.05) is 4.90 Å². The first-order chi connectivity index (χ1) is 39.4. The van der Waals surface area contributed by atoms with Crippen LogP contribution in [0, 0.1) is 0 Å². The van der Waals surface area contributed by atoms with Gasteiger partial charge in [0, 0.05) is 55.4 Å². The van der Waals surface area contributed by atoms with E-state index in [9.17, 15) is 0 Å². The monoisotopic (exact) mass is 1080 g/mol. The number of para-hydroxylation sites is 5. The van der Waals surface area contributed by atoms with Crippen LogP contribution < -0.4 is 21.3 Å². The number of anilines is 3. The second kappa shape index (κ2) is 18.2. The van der Waals surface area contributed by atoms with Gasteiger partial charge < -0.3 is 13.9 Å². The molecule has 0 saturated heterocycles. The zero-order valence-corrected chi connectivity index (χ0v) is 51.5. The lowest BCUT2D eigenvalue weighted by Gasteiger charge is -2.41. The summed E-state index contributed by atoms with van der Waals surface area (Å²) in [6.07, 6.45) is 0. The van der Waals surface area contributed by atoms with Crippen LogP contribution in [0.4, 0.5) is 17.1 Å². The van der Waals surface area contributed by atoms with Crippen LogP contribution in [0.3, 0.4) is 0 Å². The minimum Gasteiger partial charge on any atom is -0.455 e. The van der Waals surface area contributed by atoms with E-state index in [2.05, 4.69) is 289 Å². The molecule has 5 nitrogen and oxygen atoms in total. The summed E-state index contributed by atoms with van der Waals surface area (Å²) in [6.45, 7) is 37.2. The van der Waals surface area contributed by atoms with E-state index in [0.717, 1.165) is 61.2 Å². The first-order valence-corrected chi connectivity index (χ1v) is 30.3. The summed E-state index contributed by atoms with van der Waals surface area (Å²) in [5, 5.41) is 4.76. The predicted octanol–water partition coefficient (Wildman–Crippen LogP) is 19.4. The number of hydrogen-bond acceptors (Lipinski definition) is 3. The maximum atomic E-state index is 7.56. The molecule has 6 heteroatoms. The van der Waals surface area contributed by atoms with Crippen molar-refractivity contribution in [2.24, 2.45) is 0 Å². The summed E-state index contributed by atoms with van der Waals surface area (Å²) in [5.74, 6) is 1.47. The Morgan fingerprint density at radius 1 is 0.434 bits per heavy atom. The van der Waals surface area contributed by atoms with Gasteiger partial charge in [-0.15, -0.1) is 0 Å². The van der Waals surface area contributed by atoms with Gasteiger partial charge in [0.2, 0.25) is 0 Å².